The van der Waals surface area contributed by atoms with Gasteiger partial charge in [-0.05, 0) is 32.4 Å². The Morgan fingerprint density at radius 1 is 1.47 bits per heavy atom. The minimum Gasteiger partial charge on any atom is -0.358 e. The molecule has 0 radical (unpaired) electrons. The van der Waals surface area contributed by atoms with Crippen molar-refractivity contribution in [3.05, 3.63) is 0 Å². The van der Waals surface area contributed by atoms with Gasteiger partial charge in [-0.1, -0.05) is 6.42 Å². The maximum Gasteiger partial charge on any atom is 0.236 e. The van der Waals surface area contributed by atoms with Crippen molar-refractivity contribution in [1.82, 2.24) is 10.6 Å². The quantitative estimate of drug-likeness (QED) is 0.767. The predicted octanol–water partition coefficient (Wildman–Crippen LogP) is 1.38. The van der Waals surface area contributed by atoms with Crippen molar-refractivity contribution in [2.24, 2.45) is 0 Å². The van der Waals surface area contributed by atoms with E-state index >= 15 is 0 Å². The van der Waals surface area contributed by atoms with Gasteiger partial charge in [0.2, 0.25) is 5.91 Å². The molecule has 0 bridgehead atoms. The molecule has 1 amide bonds. The monoisotopic (exact) mass is 230 g/mol. The Kier molecular flexibility index (Phi) is 5.47. The van der Waals surface area contributed by atoms with E-state index in [-0.39, 0.29) is 11.9 Å². The third kappa shape index (κ3) is 4.03. The molecule has 1 aliphatic carbocycles. The second-order valence-corrected chi connectivity index (χ2v) is 5.36. The van der Waals surface area contributed by atoms with Gasteiger partial charge in [0.25, 0.3) is 0 Å². The molecular weight excluding hydrogens is 208 g/mol. The summed E-state index contributed by atoms with van der Waals surface area (Å²) in [7, 11) is 1.69. The molecule has 3 atom stereocenters. The predicted molar refractivity (Wildman–Crippen MR) is 66.2 cm³/mol. The fraction of sp³-hybridized carbons (Fsp3) is 0.909. The standard InChI is InChI=1S/C11H22N2OS/c1-8(11(14)12-2)13-9-5-4-6-10(7-9)15-3/h8-10,13H,4-7H2,1-3H3,(H,12,14). The van der Waals surface area contributed by atoms with Gasteiger partial charge in [0, 0.05) is 18.3 Å². The summed E-state index contributed by atoms with van der Waals surface area (Å²) in [6, 6.07) is 0.448. The topological polar surface area (TPSA) is 41.1 Å². The Morgan fingerprint density at radius 3 is 2.80 bits per heavy atom. The van der Waals surface area contributed by atoms with Crippen LogP contribution in [0.3, 0.4) is 0 Å². The van der Waals surface area contributed by atoms with Crippen LogP contribution in [0.1, 0.15) is 32.6 Å². The summed E-state index contributed by atoms with van der Waals surface area (Å²) >= 11 is 1.95. The first-order valence-electron chi connectivity index (χ1n) is 5.67. The zero-order chi connectivity index (χ0) is 11.3. The zero-order valence-corrected chi connectivity index (χ0v) is 10.7. The summed E-state index contributed by atoms with van der Waals surface area (Å²) in [5, 5.41) is 6.85. The second-order valence-electron chi connectivity index (χ2n) is 4.22. The summed E-state index contributed by atoms with van der Waals surface area (Å²) < 4.78 is 0. The Morgan fingerprint density at radius 2 is 2.20 bits per heavy atom. The Bertz CT molecular complexity index is 211. The summed E-state index contributed by atoms with van der Waals surface area (Å²) in [5.74, 6) is 0.0845. The van der Waals surface area contributed by atoms with E-state index in [4.69, 9.17) is 0 Å². The largest absolute Gasteiger partial charge is 0.358 e. The van der Waals surface area contributed by atoms with Crippen LogP contribution >= 0.6 is 11.8 Å². The van der Waals surface area contributed by atoms with Gasteiger partial charge in [-0.25, -0.2) is 0 Å². The highest BCUT2D eigenvalue weighted by atomic mass is 32.2. The number of hydrogen-bond donors (Lipinski definition) is 2. The molecule has 0 spiro atoms. The molecule has 15 heavy (non-hydrogen) atoms. The Hall–Kier alpha value is -0.220. The molecule has 88 valence electrons. The summed E-state index contributed by atoms with van der Waals surface area (Å²) in [6.07, 6.45) is 7.19. The van der Waals surface area contributed by atoms with Crippen molar-refractivity contribution in [3.8, 4) is 0 Å². The maximum atomic E-state index is 11.4. The molecule has 0 saturated heterocycles. The first kappa shape index (κ1) is 12.8. The smallest absolute Gasteiger partial charge is 0.236 e. The van der Waals surface area contributed by atoms with Gasteiger partial charge in [0.05, 0.1) is 6.04 Å². The molecule has 0 aromatic rings. The van der Waals surface area contributed by atoms with Crippen LogP contribution in [0.5, 0.6) is 0 Å². The van der Waals surface area contributed by atoms with Gasteiger partial charge in [-0.3, -0.25) is 4.79 Å². The van der Waals surface area contributed by atoms with E-state index in [1.807, 2.05) is 18.7 Å². The van der Waals surface area contributed by atoms with Crippen LogP contribution < -0.4 is 10.6 Å². The highest BCUT2D eigenvalue weighted by Gasteiger charge is 2.23. The number of carbonyl (C=O) groups is 1. The van der Waals surface area contributed by atoms with E-state index in [9.17, 15) is 4.79 Å². The summed E-state index contributed by atoms with van der Waals surface area (Å²) in [5.41, 5.74) is 0. The van der Waals surface area contributed by atoms with Gasteiger partial charge >= 0.3 is 0 Å². The van der Waals surface area contributed by atoms with Gasteiger partial charge in [-0.2, -0.15) is 11.8 Å². The fourth-order valence-corrected chi connectivity index (χ4v) is 2.98. The lowest BCUT2D eigenvalue weighted by atomic mass is 9.94. The molecule has 1 fully saturated rings. The van der Waals surface area contributed by atoms with E-state index in [1.54, 1.807) is 7.05 Å². The van der Waals surface area contributed by atoms with E-state index in [0.29, 0.717) is 6.04 Å². The van der Waals surface area contributed by atoms with E-state index in [0.717, 1.165) is 5.25 Å². The van der Waals surface area contributed by atoms with Crippen LogP contribution in [0.25, 0.3) is 0 Å². The molecule has 0 aliphatic heterocycles. The van der Waals surface area contributed by atoms with Crippen molar-refractivity contribution in [3.63, 3.8) is 0 Å². The number of nitrogens with one attached hydrogen (secondary N) is 2. The molecule has 3 nitrogen and oxygen atoms in total. The fourth-order valence-electron chi connectivity index (χ4n) is 2.16. The van der Waals surface area contributed by atoms with Crippen LogP contribution in [-0.4, -0.2) is 36.5 Å². The highest BCUT2D eigenvalue weighted by molar-refractivity contribution is 7.99. The van der Waals surface area contributed by atoms with Crippen LogP contribution in [0.4, 0.5) is 0 Å². The molecule has 1 rings (SSSR count). The molecule has 2 N–H and O–H groups in total. The minimum atomic E-state index is -0.0689. The molecule has 4 heteroatoms. The van der Waals surface area contributed by atoms with E-state index in [2.05, 4.69) is 16.9 Å². The molecule has 1 aliphatic rings. The van der Waals surface area contributed by atoms with Crippen LogP contribution in [0.2, 0.25) is 0 Å². The van der Waals surface area contributed by atoms with Crippen molar-refractivity contribution in [2.75, 3.05) is 13.3 Å². The zero-order valence-electron chi connectivity index (χ0n) is 9.88. The third-order valence-corrected chi connectivity index (χ3v) is 4.18. The third-order valence-electron chi connectivity index (χ3n) is 3.08. The number of carbonyl (C=O) groups excluding carboxylic acids is 1. The molecule has 0 aromatic heterocycles. The van der Waals surface area contributed by atoms with Crippen LogP contribution in [0.15, 0.2) is 0 Å². The molecule has 3 unspecified atom stereocenters. The molecule has 1 saturated carbocycles. The average molecular weight is 230 g/mol. The van der Waals surface area contributed by atoms with Gasteiger partial charge in [0.1, 0.15) is 0 Å². The lowest BCUT2D eigenvalue weighted by Gasteiger charge is -2.30. The number of thioether (sulfide) groups is 1. The number of amides is 1. The molecule has 0 aromatic carbocycles. The van der Waals surface area contributed by atoms with Gasteiger partial charge in [0.15, 0.2) is 0 Å². The maximum absolute atomic E-state index is 11.4. The highest BCUT2D eigenvalue weighted by Crippen LogP contribution is 2.27. The minimum absolute atomic E-state index is 0.0689. The molecule has 0 heterocycles. The summed E-state index contributed by atoms with van der Waals surface area (Å²) in [4.78, 5) is 11.4. The van der Waals surface area contributed by atoms with Crippen LogP contribution in [0, 0.1) is 0 Å². The first-order chi connectivity index (χ1) is 7.17. The molecular formula is C11H22N2OS. The number of hydrogen-bond acceptors (Lipinski definition) is 3. The first-order valence-corrected chi connectivity index (χ1v) is 6.96. The SMILES string of the molecule is CNC(=O)C(C)NC1CCCC(SC)C1. The second kappa shape index (κ2) is 6.38. The van der Waals surface area contributed by atoms with E-state index in [1.165, 1.54) is 25.7 Å². The van der Waals surface area contributed by atoms with E-state index < -0.39 is 0 Å². The lowest BCUT2D eigenvalue weighted by molar-refractivity contribution is -0.122. The van der Waals surface area contributed by atoms with Crippen molar-refractivity contribution >= 4 is 17.7 Å². The van der Waals surface area contributed by atoms with Crippen molar-refractivity contribution in [2.45, 2.75) is 49.9 Å². The van der Waals surface area contributed by atoms with Crippen molar-refractivity contribution in [1.29, 1.82) is 0 Å². The number of rotatable bonds is 4. The Labute approximate surface area is 96.8 Å². The average Bonchev–Trinajstić information content (AvgIpc) is 2.28. The number of likely N-dealkylation sites (N-methyl/N-ethyl adjacent to an activating group) is 1. The lowest BCUT2D eigenvalue weighted by Crippen LogP contribution is -2.47. The van der Waals surface area contributed by atoms with Gasteiger partial charge < -0.3 is 10.6 Å². The normalized spacial score (nSPS) is 28.5. The Balaban J connectivity index is 2.34. The van der Waals surface area contributed by atoms with Gasteiger partial charge in [-0.15, -0.1) is 0 Å². The van der Waals surface area contributed by atoms with Crippen LogP contribution in [-0.2, 0) is 4.79 Å². The van der Waals surface area contributed by atoms with Crippen molar-refractivity contribution < 1.29 is 4.79 Å². The summed E-state index contributed by atoms with van der Waals surface area (Å²) in [6.45, 7) is 1.93.